The van der Waals surface area contributed by atoms with Gasteiger partial charge in [-0.3, -0.25) is 0 Å². The largest absolute Gasteiger partial charge is 0.396 e. The highest BCUT2D eigenvalue weighted by Gasteiger charge is 1.76. The van der Waals surface area contributed by atoms with E-state index in [2.05, 4.69) is 6.92 Å². The van der Waals surface area contributed by atoms with Gasteiger partial charge in [0.05, 0.1) is 0 Å². The van der Waals surface area contributed by atoms with Crippen LogP contribution in [0.5, 0.6) is 0 Å². The highest BCUT2D eigenvalue weighted by molar-refractivity contribution is 4.30. The molecule has 90 valence electrons. The van der Waals surface area contributed by atoms with Gasteiger partial charge in [0.1, 0.15) is 0 Å². The van der Waals surface area contributed by atoms with E-state index in [-0.39, 0.29) is 0 Å². The molecule has 0 unspecified atom stereocenters. The average Bonchev–Trinajstić information content (AvgIpc) is 2.27. The molecular formula is C11H28O3. The van der Waals surface area contributed by atoms with Gasteiger partial charge in [-0.2, -0.15) is 0 Å². The van der Waals surface area contributed by atoms with Crippen molar-refractivity contribution in [1.82, 2.24) is 0 Å². The van der Waals surface area contributed by atoms with E-state index in [1.54, 1.807) is 0 Å². The van der Waals surface area contributed by atoms with E-state index >= 15 is 0 Å². The predicted molar refractivity (Wildman–Crippen MR) is 61.4 cm³/mol. The minimum atomic E-state index is 0.319. The van der Waals surface area contributed by atoms with Gasteiger partial charge in [0, 0.05) is 19.8 Å². The third kappa shape index (κ3) is 59.1. The highest BCUT2D eigenvalue weighted by Crippen LogP contribution is 1.89. The third-order valence-electron chi connectivity index (χ3n) is 1.21. The van der Waals surface area contributed by atoms with Gasteiger partial charge < -0.3 is 15.3 Å². The van der Waals surface area contributed by atoms with Gasteiger partial charge in [-0.1, -0.05) is 33.6 Å². The molecule has 0 saturated heterocycles. The molecule has 0 saturated carbocycles. The Morgan fingerprint density at radius 1 is 0.571 bits per heavy atom. The molecule has 0 bridgehead atoms. The first-order valence-corrected chi connectivity index (χ1v) is 5.57. The third-order valence-corrected chi connectivity index (χ3v) is 1.21. The van der Waals surface area contributed by atoms with Crippen molar-refractivity contribution in [2.45, 2.75) is 52.9 Å². The van der Waals surface area contributed by atoms with Crippen LogP contribution in [-0.2, 0) is 0 Å². The molecule has 3 heteroatoms. The highest BCUT2D eigenvalue weighted by atomic mass is 16.3. The lowest BCUT2D eigenvalue weighted by molar-refractivity contribution is 0.284. The molecule has 0 aromatic heterocycles. The van der Waals surface area contributed by atoms with Crippen molar-refractivity contribution in [2.75, 3.05) is 19.8 Å². The molecule has 3 nitrogen and oxygen atoms in total. The second kappa shape index (κ2) is 29.3. The summed E-state index contributed by atoms with van der Waals surface area (Å²) >= 11 is 0. The molecule has 0 radical (unpaired) electrons. The Kier molecular flexibility index (Phi) is 40.7. The van der Waals surface area contributed by atoms with Crippen LogP contribution < -0.4 is 0 Å². The lowest BCUT2D eigenvalue weighted by Crippen LogP contribution is -1.78. The molecule has 0 aromatic carbocycles. The van der Waals surface area contributed by atoms with Crippen molar-refractivity contribution in [3.63, 3.8) is 0 Å². The Morgan fingerprint density at radius 3 is 1.00 bits per heavy atom. The quantitative estimate of drug-likeness (QED) is 0.605. The summed E-state index contributed by atoms with van der Waals surface area (Å²) in [6, 6.07) is 0. The van der Waals surface area contributed by atoms with Crippen LogP contribution in [0.15, 0.2) is 0 Å². The fourth-order valence-electron chi connectivity index (χ4n) is 0.362. The molecule has 0 aromatic rings. The minimum Gasteiger partial charge on any atom is -0.396 e. The van der Waals surface area contributed by atoms with E-state index < -0.39 is 0 Å². The monoisotopic (exact) mass is 208 g/mol. The zero-order valence-corrected chi connectivity index (χ0v) is 10.00. The van der Waals surface area contributed by atoms with E-state index in [0.717, 1.165) is 25.7 Å². The lowest BCUT2D eigenvalue weighted by atomic mass is 10.3. The standard InChI is InChI=1S/C5H12O.2C3H8O/c1-2-3-4-5-6;2*1-2-3-4/h6H,2-5H2,1H3;2*4H,2-3H2,1H3. The van der Waals surface area contributed by atoms with Crippen molar-refractivity contribution in [3.05, 3.63) is 0 Å². The van der Waals surface area contributed by atoms with Crippen molar-refractivity contribution in [2.24, 2.45) is 0 Å². The van der Waals surface area contributed by atoms with Crippen LogP contribution in [0, 0.1) is 0 Å². The van der Waals surface area contributed by atoms with Gasteiger partial charge in [-0.25, -0.2) is 0 Å². The smallest absolute Gasteiger partial charge is 0.0431 e. The lowest BCUT2D eigenvalue weighted by Gasteiger charge is -1.85. The van der Waals surface area contributed by atoms with Crippen LogP contribution in [-0.4, -0.2) is 35.1 Å². The summed E-state index contributed by atoms with van der Waals surface area (Å²) < 4.78 is 0. The Balaban J connectivity index is -0.000000135. The van der Waals surface area contributed by atoms with Crippen LogP contribution in [0.3, 0.4) is 0 Å². The zero-order chi connectivity index (χ0) is 11.7. The van der Waals surface area contributed by atoms with Gasteiger partial charge in [0.15, 0.2) is 0 Å². The van der Waals surface area contributed by atoms with E-state index in [1.165, 1.54) is 6.42 Å². The molecule has 0 amide bonds. The fourth-order valence-corrected chi connectivity index (χ4v) is 0.362. The van der Waals surface area contributed by atoms with E-state index in [0.29, 0.717) is 19.8 Å². The van der Waals surface area contributed by atoms with Gasteiger partial charge in [0.25, 0.3) is 0 Å². The summed E-state index contributed by atoms with van der Waals surface area (Å²) in [5.41, 5.74) is 0. The molecule has 3 N–H and O–H groups in total. The SMILES string of the molecule is CCCCCO.CCCO.CCCO. The second-order valence-corrected chi connectivity index (χ2v) is 2.88. The first kappa shape index (κ1) is 19.5. The maximum Gasteiger partial charge on any atom is 0.0431 e. The molecule has 0 rings (SSSR count). The number of rotatable bonds is 5. The van der Waals surface area contributed by atoms with Crippen molar-refractivity contribution >= 4 is 0 Å². The molecule has 0 atom stereocenters. The van der Waals surface area contributed by atoms with Gasteiger partial charge in [0.2, 0.25) is 0 Å². The van der Waals surface area contributed by atoms with Gasteiger partial charge in [-0.05, 0) is 19.3 Å². The molecule has 0 heterocycles. The Hall–Kier alpha value is -0.120. The van der Waals surface area contributed by atoms with Crippen molar-refractivity contribution < 1.29 is 15.3 Å². The number of unbranched alkanes of at least 4 members (excludes halogenated alkanes) is 2. The Labute approximate surface area is 88.8 Å². The Morgan fingerprint density at radius 2 is 0.929 bits per heavy atom. The molecule has 0 aliphatic carbocycles. The summed E-state index contributed by atoms with van der Waals surface area (Å²) in [5, 5.41) is 23.9. The summed E-state index contributed by atoms with van der Waals surface area (Å²) in [4.78, 5) is 0. The number of hydrogen-bond acceptors (Lipinski definition) is 3. The summed E-state index contributed by atoms with van der Waals surface area (Å²) in [7, 11) is 0. The van der Waals surface area contributed by atoms with Crippen LogP contribution in [0.4, 0.5) is 0 Å². The zero-order valence-electron chi connectivity index (χ0n) is 10.00. The van der Waals surface area contributed by atoms with E-state index in [4.69, 9.17) is 15.3 Å². The molecule has 0 aliphatic heterocycles. The van der Waals surface area contributed by atoms with E-state index in [9.17, 15) is 0 Å². The fraction of sp³-hybridized carbons (Fsp3) is 1.00. The maximum atomic E-state index is 8.20. The van der Waals surface area contributed by atoms with Gasteiger partial charge >= 0.3 is 0 Å². The summed E-state index contributed by atoms with van der Waals surface area (Å²) in [6.45, 7) is 6.98. The minimum absolute atomic E-state index is 0.319. The van der Waals surface area contributed by atoms with Crippen LogP contribution in [0.1, 0.15) is 52.9 Å². The molecule has 0 fully saturated rings. The van der Waals surface area contributed by atoms with Crippen LogP contribution in [0.2, 0.25) is 0 Å². The van der Waals surface area contributed by atoms with E-state index in [1.807, 2.05) is 13.8 Å². The first-order chi connectivity index (χ1) is 6.74. The Bertz CT molecular complexity index is 46.5. The number of aliphatic hydroxyl groups is 3. The average molecular weight is 208 g/mol. The normalized spacial score (nSPS) is 8.14. The second-order valence-electron chi connectivity index (χ2n) is 2.88. The van der Waals surface area contributed by atoms with Gasteiger partial charge in [-0.15, -0.1) is 0 Å². The number of aliphatic hydroxyl groups excluding tert-OH is 3. The molecular weight excluding hydrogens is 180 g/mol. The van der Waals surface area contributed by atoms with Crippen LogP contribution >= 0.6 is 0 Å². The molecule has 0 aliphatic rings. The van der Waals surface area contributed by atoms with Crippen LogP contribution in [0.25, 0.3) is 0 Å². The molecule has 14 heavy (non-hydrogen) atoms. The predicted octanol–water partition coefficient (Wildman–Crippen LogP) is 1.95. The molecule has 0 spiro atoms. The summed E-state index contributed by atoms with van der Waals surface area (Å²) in [6.07, 6.45) is 5.08. The maximum absolute atomic E-state index is 8.20. The number of hydrogen-bond donors (Lipinski definition) is 3. The summed E-state index contributed by atoms with van der Waals surface area (Å²) in [5.74, 6) is 0. The van der Waals surface area contributed by atoms with Crippen molar-refractivity contribution in [3.8, 4) is 0 Å². The van der Waals surface area contributed by atoms with Crippen molar-refractivity contribution in [1.29, 1.82) is 0 Å². The topological polar surface area (TPSA) is 60.7 Å². The first-order valence-electron chi connectivity index (χ1n) is 5.57.